The number of rotatable bonds is 8. The minimum Gasteiger partial charge on any atom is -0.218 e. The second-order valence-corrected chi connectivity index (χ2v) is 8.02. The van der Waals surface area contributed by atoms with Crippen molar-refractivity contribution in [3.8, 4) is 0 Å². The van der Waals surface area contributed by atoms with Crippen molar-refractivity contribution in [3.05, 3.63) is 0 Å². The van der Waals surface area contributed by atoms with Gasteiger partial charge in [0, 0.05) is 0 Å². The molecule has 4 atom stereocenters. The van der Waals surface area contributed by atoms with E-state index >= 15 is 0 Å². The van der Waals surface area contributed by atoms with Crippen LogP contribution in [0.4, 0.5) is 0 Å². The molecule has 0 bridgehead atoms. The molecule has 2 radical (unpaired) electrons. The molecule has 1 fully saturated rings. The molecule has 0 heterocycles. The van der Waals surface area contributed by atoms with Crippen LogP contribution in [0.25, 0.3) is 0 Å². The van der Waals surface area contributed by atoms with Crippen LogP contribution in [0.2, 0.25) is 13.6 Å². The number of hydrogen-bond donors (Lipinski definition) is 0. The summed E-state index contributed by atoms with van der Waals surface area (Å²) in [6, 6.07) is 0. The van der Waals surface area contributed by atoms with Gasteiger partial charge in [-0.2, -0.15) is 0 Å². The van der Waals surface area contributed by atoms with E-state index in [0.29, 0.717) is 0 Å². The average molecular weight is 268 g/mol. The molecule has 0 N–H and O–H groups in total. The first-order valence-corrected chi connectivity index (χ1v) is 8.99. The molecule has 17 heavy (non-hydrogen) atoms. The lowest BCUT2D eigenvalue weighted by Gasteiger charge is -2.16. The van der Waals surface area contributed by atoms with E-state index in [2.05, 4.69) is 52.2 Å². The first-order chi connectivity index (χ1) is 8.17. The normalized spacial score (nSPS) is 30.2. The highest BCUT2D eigenvalue weighted by Crippen LogP contribution is 2.41. The zero-order chi connectivity index (χ0) is 12.7. The predicted molar refractivity (Wildman–Crippen MR) is 87.4 cm³/mol. The fourth-order valence-corrected chi connectivity index (χ4v) is 4.85. The van der Waals surface area contributed by atoms with Crippen molar-refractivity contribution in [2.45, 2.75) is 58.4 Å². The van der Waals surface area contributed by atoms with Crippen LogP contribution in [0.3, 0.4) is 0 Å². The fourth-order valence-electron chi connectivity index (χ4n) is 2.97. The topological polar surface area (TPSA) is 0 Å². The molecule has 96 valence electrons. The van der Waals surface area contributed by atoms with Gasteiger partial charge in [0.2, 0.25) is 0 Å². The zero-order valence-electron chi connectivity index (χ0n) is 11.8. The van der Waals surface area contributed by atoms with Crippen molar-refractivity contribution in [1.82, 2.24) is 0 Å². The lowest BCUT2D eigenvalue weighted by molar-refractivity contribution is 0.383. The Morgan fingerprint density at radius 2 is 2.00 bits per heavy atom. The van der Waals surface area contributed by atoms with Crippen molar-refractivity contribution in [2.75, 3.05) is 5.75 Å². The minimum absolute atomic E-state index is 0.899. The molecule has 1 saturated carbocycles. The summed E-state index contributed by atoms with van der Waals surface area (Å²) in [5.41, 5.74) is 0. The molecular weight excluding hydrogens is 242 g/mol. The monoisotopic (exact) mass is 268 g/mol. The maximum absolute atomic E-state index is 2.44. The van der Waals surface area contributed by atoms with Gasteiger partial charge in [-0.25, -0.2) is 23.2 Å². The summed E-state index contributed by atoms with van der Waals surface area (Å²) < 4.78 is 0. The highest BCUT2D eigenvalue weighted by atomic mass is 32.2. The molecule has 0 aliphatic heterocycles. The van der Waals surface area contributed by atoms with Crippen LogP contribution >= 0.6 is 23.2 Å². The third kappa shape index (κ3) is 6.00. The molecule has 0 aromatic carbocycles. The van der Waals surface area contributed by atoms with E-state index in [-0.39, 0.29) is 0 Å². The Kier molecular flexibility index (Phi) is 8.27. The quantitative estimate of drug-likeness (QED) is 0.465. The van der Waals surface area contributed by atoms with Crippen LogP contribution in [0.5, 0.6) is 0 Å². The molecule has 0 saturated heterocycles. The first-order valence-electron chi connectivity index (χ1n) is 7.00. The smallest absolute Gasteiger partial charge is 0.188 e. The standard InChI is InChI=1S/C13H26B2S2/c1-10(5-6-16-14-3)7-12-8-11(2)13(9-12)17-15-4/h10-13H,5-9H2,1-4H3. The highest BCUT2D eigenvalue weighted by Gasteiger charge is 2.31. The Labute approximate surface area is 118 Å². The summed E-state index contributed by atoms with van der Waals surface area (Å²) >= 11 is 4.03. The molecule has 0 aromatic heterocycles. The van der Waals surface area contributed by atoms with Crippen molar-refractivity contribution in [1.29, 1.82) is 0 Å². The molecule has 0 aromatic rings. The van der Waals surface area contributed by atoms with Gasteiger partial charge in [-0.3, -0.25) is 0 Å². The van der Waals surface area contributed by atoms with E-state index < -0.39 is 0 Å². The van der Waals surface area contributed by atoms with Gasteiger partial charge in [-0.05, 0) is 54.4 Å². The first kappa shape index (κ1) is 15.9. The molecule has 0 nitrogen and oxygen atoms in total. The second-order valence-electron chi connectivity index (χ2n) is 5.46. The highest BCUT2D eigenvalue weighted by molar-refractivity contribution is 8.22. The van der Waals surface area contributed by atoms with Crippen molar-refractivity contribution in [2.24, 2.45) is 17.8 Å². The molecule has 1 aliphatic carbocycles. The summed E-state index contributed by atoms with van der Waals surface area (Å²) in [6.45, 7) is 13.7. The van der Waals surface area contributed by atoms with Crippen LogP contribution in [-0.4, -0.2) is 24.1 Å². The SMILES string of the molecule is C[B]SCCC(C)CC1CC(C)C(S[B]C)C1. The minimum atomic E-state index is 0.899. The van der Waals surface area contributed by atoms with Gasteiger partial charge in [0.1, 0.15) is 0 Å². The number of hydrogen-bond acceptors (Lipinski definition) is 2. The molecule has 1 rings (SSSR count). The summed E-state index contributed by atoms with van der Waals surface area (Å²) in [5, 5.41) is 0.899. The van der Waals surface area contributed by atoms with Gasteiger partial charge in [-0.15, -0.1) is 0 Å². The van der Waals surface area contributed by atoms with Crippen molar-refractivity contribution in [3.63, 3.8) is 0 Å². The van der Waals surface area contributed by atoms with Crippen LogP contribution < -0.4 is 0 Å². The largest absolute Gasteiger partial charge is 0.218 e. The van der Waals surface area contributed by atoms with Crippen LogP contribution in [0, 0.1) is 17.8 Å². The fraction of sp³-hybridized carbons (Fsp3) is 1.00. The molecule has 4 heteroatoms. The summed E-state index contributed by atoms with van der Waals surface area (Å²) in [5.74, 6) is 4.13. The van der Waals surface area contributed by atoms with Gasteiger partial charge in [-0.1, -0.05) is 27.5 Å². The predicted octanol–water partition coefficient (Wildman–Crippen LogP) is 4.62. The van der Waals surface area contributed by atoms with E-state index in [0.717, 1.165) is 23.0 Å². The van der Waals surface area contributed by atoms with E-state index in [9.17, 15) is 0 Å². The van der Waals surface area contributed by atoms with E-state index in [1.54, 1.807) is 0 Å². The van der Waals surface area contributed by atoms with Crippen LogP contribution in [-0.2, 0) is 0 Å². The Morgan fingerprint density at radius 1 is 1.24 bits per heavy atom. The van der Waals surface area contributed by atoms with E-state index in [1.807, 2.05) is 11.6 Å². The Balaban J connectivity index is 2.19. The third-order valence-corrected chi connectivity index (χ3v) is 5.93. The summed E-state index contributed by atoms with van der Waals surface area (Å²) in [7, 11) is 0. The van der Waals surface area contributed by atoms with Gasteiger partial charge >= 0.3 is 0 Å². The molecular formula is C13H26B2S2. The van der Waals surface area contributed by atoms with Gasteiger partial charge in [0.05, 0.1) is 0 Å². The van der Waals surface area contributed by atoms with E-state index in [1.165, 1.54) is 31.4 Å². The molecule has 0 spiro atoms. The van der Waals surface area contributed by atoms with Crippen molar-refractivity contribution < 1.29 is 0 Å². The molecule has 1 aliphatic rings. The van der Waals surface area contributed by atoms with Gasteiger partial charge in [0.15, 0.2) is 13.1 Å². The molecule has 4 unspecified atom stereocenters. The summed E-state index contributed by atoms with van der Waals surface area (Å²) in [4.78, 5) is 0. The molecule has 0 amide bonds. The maximum atomic E-state index is 2.44. The van der Waals surface area contributed by atoms with Crippen LogP contribution in [0.15, 0.2) is 0 Å². The van der Waals surface area contributed by atoms with Crippen molar-refractivity contribution >= 4 is 36.3 Å². The Morgan fingerprint density at radius 3 is 2.65 bits per heavy atom. The maximum Gasteiger partial charge on any atom is 0.188 e. The second kappa shape index (κ2) is 8.85. The zero-order valence-corrected chi connectivity index (χ0v) is 13.4. The van der Waals surface area contributed by atoms with Gasteiger partial charge < -0.3 is 0 Å². The summed E-state index contributed by atoms with van der Waals surface area (Å²) in [6.07, 6.45) is 5.75. The third-order valence-electron chi connectivity index (χ3n) is 3.85. The lowest BCUT2D eigenvalue weighted by Crippen LogP contribution is -2.07. The van der Waals surface area contributed by atoms with Gasteiger partial charge in [0.25, 0.3) is 0 Å². The average Bonchev–Trinajstić information content (AvgIpc) is 2.60. The van der Waals surface area contributed by atoms with Crippen LogP contribution in [0.1, 0.15) is 39.5 Å². The Bertz CT molecular complexity index is 202. The Hall–Kier alpha value is 0.830. The van der Waals surface area contributed by atoms with E-state index in [4.69, 9.17) is 0 Å². The lowest BCUT2D eigenvalue weighted by atomic mass is 9.92.